The van der Waals surface area contributed by atoms with Crippen molar-refractivity contribution in [2.75, 3.05) is 12.4 Å². The lowest BCUT2D eigenvalue weighted by Gasteiger charge is -2.10. The first-order chi connectivity index (χ1) is 16.6. The van der Waals surface area contributed by atoms with Gasteiger partial charge >= 0.3 is 0 Å². The molecule has 1 amide bonds. The van der Waals surface area contributed by atoms with E-state index in [1.54, 1.807) is 67.1 Å². The SMILES string of the molecule is COc1ccc(Oc2ncccc2NC(=O)/C=C/c2ccc(OCc3csc(C)n3)cc2)cc1. The lowest BCUT2D eigenvalue weighted by Crippen LogP contribution is -2.09. The number of aryl methyl sites for hydroxylation is 1. The monoisotopic (exact) mass is 473 g/mol. The number of carbonyl (C=O) groups excluding carboxylic acids is 1. The van der Waals surface area contributed by atoms with Crippen molar-refractivity contribution >= 4 is 29.0 Å². The van der Waals surface area contributed by atoms with E-state index in [4.69, 9.17) is 14.2 Å². The van der Waals surface area contributed by atoms with Gasteiger partial charge in [0.1, 0.15) is 29.5 Å². The number of hydrogen-bond donors (Lipinski definition) is 1. The van der Waals surface area contributed by atoms with E-state index in [0.717, 1.165) is 27.8 Å². The van der Waals surface area contributed by atoms with Crippen LogP contribution in [0.5, 0.6) is 23.1 Å². The molecule has 2 aromatic carbocycles. The normalized spacial score (nSPS) is 10.8. The zero-order valence-corrected chi connectivity index (χ0v) is 19.5. The minimum Gasteiger partial charge on any atom is -0.497 e. The second kappa shape index (κ2) is 11.1. The molecule has 172 valence electrons. The maximum Gasteiger partial charge on any atom is 0.248 e. The van der Waals surface area contributed by atoms with Crippen LogP contribution in [0.1, 0.15) is 16.3 Å². The molecule has 0 fully saturated rings. The highest BCUT2D eigenvalue weighted by atomic mass is 32.1. The van der Waals surface area contributed by atoms with Crippen molar-refractivity contribution in [2.45, 2.75) is 13.5 Å². The molecular formula is C26H23N3O4S. The molecule has 1 N–H and O–H groups in total. The number of amides is 1. The number of ether oxygens (including phenoxy) is 3. The van der Waals surface area contributed by atoms with Gasteiger partial charge in [0.05, 0.1) is 17.8 Å². The van der Waals surface area contributed by atoms with Crippen molar-refractivity contribution in [1.82, 2.24) is 9.97 Å². The van der Waals surface area contributed by atoms with Gasteiger partial charge in [0.25, 0.3) is 0 Å². The molecule has 8 heteroatoms. The Balaban J connectivity index is 1.33. The fourth-order valence-electron chi connectivity index (χ4n) is 2.98. The Hall–Kier alpha value is -4.17. The third-order valence-electron chi connectivity index (χ3n) is 4.66. The van der Waals surface area contributed by atoms with Gasteiger partial charge in [-0.15, -0.1) is 11.3 Å². The van der Waals surface area contributed by atoms with Gasteiger partial charge < -0.3 is 19.5 Å². The number of pyridine rings is 1. The Labute approximate surface area is 201 Å². The minimum atomic E-state index is -0.299. The molecule has 4 aromatic rings. The molecule has 0 bridgehead atoms. The average Bonchev–Trinajstić information content (AvgIpc) is 3.29. The van der Waals surface area contributed by atoms with Crippen LogP contribution in [0.25, 0.3) is 6.08 Å². The summed E-state index contributed by atoms with van der Waals surface area (Å²) in [5, 5.41) is 5.81. The summed E-state index contributed by atoms with van der Waals surface area (Å²) < 4.78 is 16.7. The molecule has 2 aromatic heterocycles. The lowest BCUT2D eigenvalue weighted by molar-refractivity contribution is -0.111. The van der Waals surface area contributed by atoms with Crippen molar-refractivity contribution in [1.29, 1.82) is 0 Å². The molecule has 0 aliphatic rings. The number of hydrogen-bond acceptors (Lipinski definition) is 7. The predicted molar refractivity (Wildman–Crippen MR) is 133 cm³/mol. The van der Waals surface area contributed by atoms with Crippen LogP contribution in [0.4, 0.5) is 5.69 Å². The van der Waals surface area contributed by atoms with Crippen molar-refractivity contribution in [3.05, 3.63) is 94.6 Å². The highest BCUT2D eigenvalue weighted by Crippen LogP contribution is 2.28. The molecule has 34 heavy (non-hydrogen) atoms. The third kappa shape index (κ3) is 6.43. The van der Waals surface area contributed by atoms with E-state index in [1.165, 1.54) is 6.08 Å². The topological polar surface area (TPSA) is 82.6 Å². The van der Waals surface area contributed by atoms with Crippen molar-refractivity contribution in [3.8, 4) is 23.1 Å². The molecule has 0 aliphatic heterocycles. The molecule has 0 atom stereocenters. The first kappa shape index (κ1) is 23.0. The lowest BCUT2D eigenvalue weighted by atomic mass is 10.2. The molecule has 0 saturated carbocycles. The molecule has 0 radical (unpaired) electrons. The van der Waals surface area contributed by atoms with Crippen molar-refractivity contribution < 1.29 is 19.0 Å². The van der Waals surface area contributed by atoms with Crippen LogP contribution in [-0.4, -0.2) is 23.0 Å². The van der Waals surface area contributed by atoms with Crippen LogP contribution < -0.4 is 19.5 Å². The third-order valence-corrected chi connectivity index (χ3v) is 5.49. The van der Waals surface area contributed by atoms with Gasteiger partial charge in [-0.25, -0.2) is 9.97 Å². The Kier molecular flexibility index (Phi) is 7.52. The summed E-state index contributed by atoms with van der Waals surface area (Å²) in [6, 6.07) is 18.1. The van der Waals surface area contributed by atoms with Gasteiger partial charge in [-0.3, -0.25) is 4.79 Å². The Morgan fingerprint density at radius 2 is 1.76 bits per heavy atom. The summed E-state index contributed by atoms with van der Waals surface area (Å²) in [5.74, 6) is 2.04. The molecule has 0 spiro atoms. The Morgan fingerprint density at radius 3 is 2.47 bits per heavy atom. The van der Waals surface area contributed by atoms with E-state index in [-0.39, 0.29) is 5.91 Å². The summed E-state index contributed by atoms with van der Waals surface area (Å²) in [7, 11) is 1.60. The second-order valence-corrected chi connectivity index (χ2v) is 8.23. The van der Waals surface area contributed by atoms with Gasteiger partial charge in [-0.05, 0) is 67.1 Å². The van der Waals surface area contributed by atoms with E-state index >= 15 is 0 Å². The Morgan fingerprint density at radius 1 is 1.03 bits per heavy atom. The number of benzene rings is 2. The van der Waals surface area contributed by atoms with Crippen LogP contribution >= 0.6 is 11.3 Å². The molecule has 0 saturated heterocycles. The summed E-state index contributed by atoms with van der Waals surface area (Å²) in [6.07, 6.45) is 4.78. The number of nitrogens with zero attached hydrogens (tertiary/aromatic N) is 2. The summed E-state index contributed by atoms with van der Waals surface area (Å²) in [5.41, 5.74) is 2.25. The van der Waals surface area contributed by atoms with E-state index in [0.29, 0.717) is 23.9 Å². The molecule has 4 rings (SSSR count). The molecule has 7 nitrogen and oxygen atoms in total. The summed E-state index contributed by atoms with van der Waals surface area (Å²) >= 11 is 1.60. The van der Waals surface area contributed by atoms with Crippen LogP contribution in [-0.2, 0) is 11.4 Å². The quantitative estimate of drug-likeness (QED) is 0.306. The van der Waals surface area contributed by atoms with Gasteiger partial charge in [-0.2, -0.15) is 0 Å². The number of thiazole rings is 1. The summed E-state index contributed by atoms with van der Waals surface area (Å²) in [4.78, 5) is 21.1. The number of anilines is 1. The predicted octanol–water partition coefficient (Wildman–Crippen LogP) is 5.88. The number of rotatable bonds is 9. The standard InChI is InChI=1S/C26H23N3O4S/c1-18-28-20(17-34-18)16-32-22-8-5-19(6-9-22)7-14-25(30)29-24-4-3-15-27-26(24)33-23-12-10-21(31-2)11-13-23/h3-15,17H,16H2,1-2H3,(H,29,30)/b14-7+. The van der Waals surface area contributed by atoms with Gasteiger partial charge in [0, 0.05) is 17.7 Å². The van der Waals surface area contributed by atoms with Crippen LogP contribution in [0.15, 0.2) is 78.3 Å². The number of aromatic nitrogens is 2. The number of carbonyl (C=O) groups is 1. The first-order valence-electron chi connectivity index (χ1n) is 10.5. The maximum atomic E-state index is 12.5. The molecular weight excluding hydrogens is 450 g/mol. The van der Waals surface area contributed by atoms with E-state index in [2.05, 4.69) is 15.3 Å². The molecule has 2 heterocycles. The molecule has 0 unspecified atom stereocenters. The van der Waals surface area contributed by atoms with Gasteiger partial charge in [0.15, 0.2) is 0 Å². The smallest absolute Gasteiger partial charge is 0.248 e. The largest absolute Gasteiger partial charge is 0.497 e. The van der Waals surface area contributed by atoms with Crippen molar-refractivity contribution in [3.63, 3.8) is 0 Å². The average molecular weight is 474 g/mol. The van der Waals surface area contributed by atoms with E-state index < -0.39 is 0 Å². The van der Waals surface area contributed by atoms with Crippen LogP contribution in [0, 0.1) is 6.92 Å². The van der Waals surface area contributed by atoms with Crippen LogP contribution in [0.2, 0.25) is 0 Å². The van der Waals surface area contributed by atoms with Gasteiger partial charge in [-0.1, -0.05) is 12.1 Å². The van der Waals surface area contributed by atoms with Gasteiger partial charge in [0.2, 0.25) is 11.8 Å². The Bertz CT molecular complexity index is 1270. The zero-order chi connectivity index (χ0) is 23.8. The number of methoxy groups -OCH3 is 1. The molecule has 0 aliphatic carbocycles. The van der Waals surface area contributed by atoms with Crippen LogP contribution in [0.3, 0.4) is 0 Å². The van der Waals surface area contributed by atoms with E-state index in [9.17, 15) is 4.79 Å². The van der Waals surface area contributed by atoms with Crippen molar-refractivity contribution in [2.24, 2.45) is 0 Å². The summed E-state index contributed by atoms with van der Waals surface area (Å²) in [6.45, 7) is 2.39. The highest BCUT2D eigenvalue weighted by molar-refractivity contribution is 7.09. The fourth-order valence-corrected chi connectivity index (χ4v) is 3.57. The fraction of sp³-hybridized carbons (Fsp3) is 0.115. The number of nitrogens with one attached hydrogen (secondary N) is 1. The maximum absolute atomic E-state index is 12.5. The zero-order valence-electron chi connectivity index (χ0n) is 18.7. The first-order valence-corrected chi connectivity index (χ1v) is 11.4. The second-order valence-electron chi connectivity index (χ2n) is 7.17. The highest BCUT2D eigenvalue weighted by Gasteiger charge is 2.09. The van der Waals surface area contributed by atoms with E-state index in [1.807, 2.05) is 36.6 Å². The minimum absolute atomic E-state index is 0.297.